The van der Waals surface area contributed by atoms with Crippen LogP contribution in [0.3, 0.4) is 0 Å². The summed E-state index contributed by atoms with van der Waals surface area (Å²) < 4.78 is 10.6. The number of rotatable bonds is 5. The lowest BCUT2D eigenvalue weighted by Crippen LogP contribution is -2.34. The van der Waals surface area contributed by atoms with E-state index in [1.807, 2.05) is 36.9 Å². The molecule has 3 nitrogen and oxygen atoms in total. The summed E-state index contributed by atoms with van der Waals surface area (Å²) in [6.45, 7) is 3.72. The number of ether oxygens (including phenoxy) is 2. The molecule has 1 heterocycles. The quantitative estimate of drug-likeness (QED) is 0.874. The predicted molar refractivity (Wildman–Crippen MR) is 71.6 cm³/mol. The predicted octanol–water partition coefficient (Wildman–Crippen LogP) is 2.22. The van der Waals surface area contributed by atoms with Gasteiger partial charge in [0.2, 0.25) is 0 Å². The third-order valence-corrected chi connectivity index (χ3v) is 4.50. The van der Waals surface area contributed by atoms with Gasteiger partial charge in [0.1, 0.15) is 5.75 Å². The van der Waals surface area contributed by atoms with Crippen LogP contribution in [0.1, 0.15) is 17.7 Å². The van der Waals surface area contributed by atoms with Crippen LogP contribution in [0.4, 0.5) is 0 Å². The zero-order chi connectivity index (χ0) is 12.3. The number of methoxy groups -OCH3 is 1. The lowest BCUT2D eigenvalue weighted by Gasteiger charge is -2.31. The molecule has 1 aromatic carbocycles. The van der Waals surface area contributed by atoms with Crippen molar-refractivity contribution in [3.05, 3.63) is 29.8 Å². The first-order valence-corrected chi connectivity index (χ1v) is 6.78. The van der Waals surface area contributed by atoms with Crippen LogP contribution < -0.4 is 10.5 Å². The monoisotopic (exact) mass is 253 g/mol. The van der Waals surface area contributed by atoms with E-state index >= 15 is 0 Å². The normalized spacial score (nSPS) is 19.5. The van der Waals surface area contributed by atoms with Gasteiger partial charge in [-0.3, -0.25) is 0 Å². The van der Waals surface area contributed by atoms with Crippen molar-refractivity contribution in [2.75, 3.05) is 20.3 Å². The zero-order valence-corrected chi connectivity index (χ0v) is 11.1. The molecule has 94 valence electrons. The SMILES string of the molecule is COc1ccccc1C(SC1COC1)C(C)N. The fourth-order valence-corrected chi connectivity index (χ4v) is 3.24. The lowest BCUT2D eigenvalue weighted by atomic mass is 10.1. The molecule has 0 saturated carbocycles. The van der Waals surface area contributed by atoms with Crippen LogP contribution >= 0.6 is 11.8 Å². The number of hydrogen-bond acceptors (Lipinski definition) is 4. The maximum atomic E-state index is 6.10. The Kier molecular flexibility index (Phi) is 4.31. The fraction of sp³-hybridized carbons (Fsp3) is 0.538. The summed E-state index contributed by atoms with van der Waals surface area (Å²) in [7, 11) is 1.70. The third kappa shape index (κ3) is 2.94. The Balaban J connectivity index is 2.18. The van der Waals surface area contributed by atoms with Crippen molar-refractivity contribution in [3.63, 3.8) is 0 Å². The van der Waals surface area contributed by atoms with Gasteiger partial charge >= 0.3 is 0 Å². The summed E-state index contributed by atoms with van der Waals surface area (Å²) >= 11 is 1.89. The minimum absolute atomic E-state index is 0.0944. The first-order valence-electron chi connectivity index (χ1n) is 5.84. The molecule has 2 rings (SSSR count). The van der Waals surface area contributed by atoms with E-state index in [4.69, 9.17) is 15.2 Å². The Hall–Kier alpha value is -0.710. The molecule has 0 radical (unpaired) electrons. The highest BCUT2D eigenvalue weighted by molar-refractivity contribution is 8.00. The Morgan fingerprint density at radius 2 is 2.12 bits per heavy atom. The maximum absolute atomic E-state index is 6.10. The third-order valence-electron chi connectivity index (χ3n) is 2.87. The van der Waals surface area contributed by atoms with Gasteiger partial charge in [-0.25, -0.2) is 0 Å². The van der Waals surface area contributed by atoms with Gasteiger partial charge < -0.3 is 15.2 Å². The summed E-state index contributed by atoms with van der Waals surface area (Å²) in [6, 6.07) is 8.20. The summed E-state index contributed by atoms with van der Waals surface area (Å²) in [5.74, 6) is 0.919. The molecule has 2 atom stereocenters. The van der Waals surface area contributed by atoms with E-state index in [2.05, 4.69) is 6.07 Å². The summed E-state index contributed by atoms with van der Waals surface area (Å²) in [5, 5.41) is 0.830. The van der Waals surface area contributed by atoms with Gasteiger partial charge in [-0.1, -0.05) is 18.2 Å². The van der Waals surface area contributed by atoms with Crippen molar-refractivity contribution in [2.45, 2.75) is 23.5 Å². The van der Waals surface area contributed by atoms with Gasteiger partial charge in [0, 0.05) is 16.9 Å². The Bertz CT molecular complexity index is 366. The van der Waals surface area contributed by atoms with Crippen LogP contribution in [0.2, 0.25) is 0 Å². The average molecular weight is 253 g/mol. The van der Waals surface area contributed by atoms with Gasteiger partial charge in [-0.05, 0) is 13.0 Å². The minimum atomic E-state index is 0.0944. The van der Waals surface area contributed by atoms with Crippen LogP contribution in [0.25, 0.3) is 0 Å². The topological polar surface area (TPSA) is 44.5 Å². The highest BCUT2D eigenvalue weighted by atomic mass is 32.2. The molecule has 1 aliphatic heterocycles. The van der Waals surface area contributed by atoms with E-state index in [0.29, 0.717) is 5.25 Å². The van der Waals surface area contributed by atoms with E-state index in [1.54, 1.807) is 7.11 Å². The van der Waals surface area contributed by atoms with Crippen molar-refractivity contribution in [1.82, 2.24) is 0 Å². The van der Waals surface area contributed by atoms with Crippen molar-refractivity contribution in [2.24, 2.45) is 5.73 Å². The summed E-state index contributed by atoms with van der Waals surface area (Å²) in [4.78, 5) is 0. The van der Waals surface area contributed by atoms with E-state index < -0.39 is 0 Å². The number of para-hydroxylation sites is 1. The molecule has 2 unspecified atom stereocenters. The van der Waals surface area contributed by atoms with Crippen LogP contribution in [0.5, 0.6) is 5.75 Å². The van der Waals surface area contributed by atoms with Crippen LogP contribution in [0, 0.1) is 0 Å². The zero-order valence-electron chi connectivity index (χ0n) is 10.3. The molecule has 0 aromatic heterocycles. The second-order valence-corrected chi connectivity index (χ2v) is 5.76. The smallest absolute Gasteiger partial charge is 0.123 e. The standard InChI is InChI=1S/C13H19NO2S/c1-9(14)13(17-10-7-16-8-10)11-5-3-4-6-12(11)15-2/h3-6,9-10,13H,7-8,14H2,1-2H3. The van der Waals surface area contributed by atoms with E-state index in [1.165, 1.54) is 5.56 Å². The molecule has 1 fully saturated rings. The summed E-state index contributed by atoms with van der Waals surface area (Å²) in [5.41, 5.74) is 7.28. The molecule has 4 heteroatoms. The highest BCUT2D eigenvalue weighted by Gasteiger charge is 2.28. The average Bonchev–Trinajstić information content (AvgIpc) is 2.27. The minimum Gasteiger partial charge on any atom is -0.496 e. The van der Waals surface area contributed by atoms with Gasteiger partial charge in [-0.2, -0.15) is 0 Å². The molecule has 17 heavy (non-hydrogen) atoms. The van der Waals surface area contributed by atoms with Crippen molar-refractivity contribution >= 4 is 11.8 Å². The first-order chi connectivity index (χ1) is 8.22. The number of benzene rings is 1. The summed E-state index contributed by atoms with van der Waals surface area (Å²) in [6.07, 6.45) is 0. The lowest BCUT2D eigenvalue weighted by molar-refractivity contribution is 0.0452. The second kappa shape index (κ2) is 5.76. The van der Waals surface area contributed by atoms with Crippen LogP contribution in [0.15, 0.2) is 24.3 Å². The van der Waals surface area contributed by atoms with Gasteiger partial charge in [0.25, 0.3) is 0 Å². The fourth-order valence-electron chi connectivity index (χ4n) is 1.88. The van der Waals surface area contributed by atoms with Gasteiger partial charge in [0.05, 0.1) is 25.6 Å². The molecule has 1 aromatic rings. The molecule has 0 aliphatic carbocycles. The first kappa shape index (κ1) is 12.7. The Morgan fingerprint density at radius 3 is 2.65 bits per heavy atom. The van der Waals surface area contributed by atoms with Gasteiger partial charge in [0.15, 0.2) is 0 Å². The Morgan fingerprint density at radius 1 is 1.41 bits per heavy atom. The number of thioether (sulfide) groups is 1. The molecule has 1 saturated heterocycles. The molecule has 2 N–H and O–H groups in total. The van der Waals surface area contributed by atoms with E-state index in [-0.39, 0.29) is 11.3 Å². The van der Waals surface area contributed by atoms with Crippen LogP contribution in [-0.2, 0) is 4.74 Å². The van der Waals surface area contributed by atoms with Gasteiger partial charge in [-0.15, -0.1) is 11.8 Å². The molecule has 0 bridgehead atoms. The molecular formula is C13H19NO2S. The molecule has 0 spiro atoms. The van der Waals surface area contributed by atoms with E-state index in [0.717, 1.165) is 19.0 Å². The maximum Gasteiger partial charge on any atom is 0.123 e. The highest BCUT2D eigenvalue weighted by Crippen LogP contribution is 2.40. The Labute approximate surface area is 107 Å². The van der Waals surface area contributed by atoms with Crippen LogP contribution in [-0.4, -0.2) is 31.6 Å². The van der Waals surface area contributed by atoms with Crippen molar-refractivity contribution < 1.29 is 9.47 Å². The van der Waals surface area contributed by atoms with Crippen molar-refractivity contribution in [3.8, 4) is 5.75 Å². The largest absolute Gasteiger partial charge is 0.496 e. The molecule has 1 aliphatic rings. The molecule has 0 amide bonds. The number of hydrogen-bond donors (Lipinski definition) is 1. The van der Waals surface area contributed by atoms with Crippen molar-refractivity contribution in [1.29, 1.82) is 0 Å². The van der Waals surface area contributed by atoms with E-state index in [9.17, 15) is 0 Å². The second-order valence-electron chi connectivity index (χ2n) is 4.32. The number of nitrogens with two attached hydrogens (primary N) is 1. The molecular weight excluding hydrogens is 234 g/mol.